The fraction of sp³-hybridized carbons (Fsp3) is 0.235. The summed E-state index contributed by atoms with van der Waals surface area (Å²) in [6, 6.07) is 29.9. The van der Waals surface area contributed by atoms with Crippen LogP contribution < -0.4 is 16.0 Å². The molecule has 1 aliphatic heterocycles. The van der Waals surface area contributed by atoms with E-state index in [1.165, 1.54) is 5.56 Å². The molecule has 0 aliphatic carbocycles. The number of hydrogen-bond acceptors (Lipinski definition) is 5. The number of aromatic amines is 1. The van der Waals surface area contributed by atoms with Crippen molar-refractivity contribution in [3.8, 4) is 0 Å². The number of anilines is 1. The molecule has 0 radical (unpaired) electrons. The van der Waals surface area contributed by atoms with E-state index >= 15 is 0 Å². The molecule has 0 saturated carbocycles. The molecule has 3 aromatic carbocycles. The predicted molar refractivity (Wildman–Crippen MR) is 168 cm³/mol. The zero-order valence-electron chi connectivity index (χ0n) is 23.9. The highest BCUT2D eigenvalue weighted by Crippen LogP contribution is 2.20. The van der Waals surface area contributed by atoms with Gasteiger partial charge in [-0.15, -0.1) is 10.2 Å². The van der Waals surface area contributed by atoms with Crippen molar-refractivity contribution in [2.45, 2.75) is 25.3 Å². The first kappa shape index (κ1) is 28.1. The van der Waals surface area contributed by atoms with E-state index < -0.39 is 0 Å². The molecule has 1 aliphatic rings. The summed E-state index contributed by atoms with van der Waals surface area (Å²) >= 11 is 0. The maximum absolute atomic E-state index is 13.6. The van der Waals surface area contributed by atoms with Gasteiger partial charge in [0.1, 0.15) is 0 Å². The smallest absolute Gasteiger partial charge is 0.320 e. The van der Waals surface area contributed by atoms with Crippen molar-refractivity contribution in [2.75, 3.05) is 31.5 Å². The molecule has 4 N–H and O–H groups in total. The van der Waals surface area contributed by atoms with Gasteiger partial charge >= 0.3 is 6.03 Å². The van der Waals surface area contributed by atoms with E-state index in [1.807, 2.05) is 77.8 Å². The van der Waals surface area contributed by atoms with E-state index in [0.717, 1.165) is 34.0 Å². The van der Waals surface area contributed by atoms with Crippen molar-refractivity contribution in [3.63, 3.8) is 0 Å². The summed E-state index contributed by atoms with van der Waals surface area (Å²) in [7, 11) is 0. The lowest BCUT2D eigenvalue weighted by atomic mass is 10.0. The molecule has 1 saturated heterocycles. The molecule has 43 heavy (non-hydrogen) atoms. The van der Waals surface area contributed by atoms with Crippen LogP contribution >= 0.6 is 0 Å². The van der Waals surface area contributed by atoms with Gasteiger partial charge in [0.05, 0.1) is 0 Å². The van der Waals surface area contributed by atoms with Crippen LogP contribution in [0, 0.1) is 0 Å². The number of fused-ring (bicyclic) bond motifs is 1. The van der Waals surface area contributed by atoms with E-state index in [1.54, 1.807) is 6.07 Å². The molecule has 1 atom stereocenters. The van der Waals surface area contributed by atoms with Crippen LogP contribution in [0.1, 0.15) is 32.7 Å². The minimum absolute atomic E-state index is 0.156. The van der Waals surface area contributed by atoms with E-state index in [9.17, 15) is 9.59 Å². The first-order chi connectivity index (χ1) is 21.1. The second-order valence-electron chi connectivity index (χ2n) is 10.8. The standard InChI is InChI=1S/C34H35N7O2/c42-33(41-18-17-35-28(23-41)20-25-11-5-2-6-12-25)31-21-27(19-24-9-3-1-4-10-24)32(40-39-31)38-34(43)36-16-15-26-22-37-30-14-8-7-13-29(26)30/h1-14,21-22,28,35,37H,15-20,23H2,(H2,36,38,40,43)/t28-/m0/s1. The van der Waals surface area contributed by atoms with Gasteiger partial charge in [0, 0.05) is 61.3 Å². The number of carbonyl (C=O) groups is 2. The van der Waals surface area contributed by atoms with Gasteiger partial charge < -0.3 is 20.5 Å². The number of nitrogens with one attached hydrogen (secondary N) is 4. The summed E-state index contributed by atoms with van der Waals surface area (Å²) in [4.78, 5) is 31.6. The number of urea groups is 1. The van der Waals surface area contributed by atoms with Gasteiger partial charge in [-0.05, 0) is 41.7 Å². The summed E-state index contributed by atoms with van der Waals surface area (Å²) in [5.41, 5.74) is 5.49. The maximum atomic E-state index is 13.6. The van der Waals surface area contributed by atoms with Gasteiger partial charge in [-0.25, -0.2) is 4.79 Å². The Bertz CT molecular complexity index is 1690. The van der Waals surface area contributed by atoms with Crippen molar-refractivity contribution in [1.29, 1.82) is 0 Å². The molecule has 218 valence electrons. The zero-order valence-corrected chi connectivity index (χ0v) is 23.9. The highest BCUT2D eigenvalue weighted by molar-refractivity contribution is 5.94. The van der Waals surface area contributed by atoms with Crippen LogP contribution in [0.4, 0.5) is 10.6 Å². The molecule has 3 amide bonds. The van der Waals surface area contributed by atoms with Crippen LogP contribution in [-0.4, -0.2) is 64.2 Å². The Morgan fingerprint density at radius 2 is 1.63 bits per heavy atom. The number of H-pyrrole nitrogens is 1. The fourth-order valence-corrected chi connectivity index (χ4v) is 5.60. The first-order valence-corrected chi connectivity index (χ1v) is 14.7. The van der Waals surface area contributed by atoms with Gasteiger partial charge in [-0.2, -0.15) is 0 Å². The molecule has 3 heterocycles. The van der Waals surface area contributed by atoms with Crippen molar-refractivity contribution >= 4 is 28.7 Å². The maximum Gasteiger partial charge on any atom is 0.320 e. The summed E-state index contributed by atoms with van der Waals surface area (Å²) < 4.78 is 0. The van der Waals surface area contributed by atoms with Gasteiger partial charge in [-0.3, -0.25) is 10.1 Å². The quantitative estimate of drug-likeness (QED) is 0.206. The van der Waals surface area contributed by atoms with Crippen molar-refractivity contribution in [3.05, 3.63) is 125 Å². The third kappa shape index (κ3) is 7.07. The molecule has 9 nitrogen and oxygen atoms in total. The number of amides is 3. The Morgan fingerprint density at radius 3 is 2.44 bits per heavy atom. The molecular formula is C34H35N7O2. The van der Waals surface area contributed by atoms with Crippen LogP contribution in [0.5, 0.6) is 0 Å². The van der Waals surface area contributed by atoms with Crippen molar-refractivity contribution in [1.82, 2.24) is 30.7 Å². The third-order valence-electron chi connectivity index (χ3n) is 7.78. The average Bonchev–Trinajstić information content (AvgIpc) is 3.46. The summed E-state index contributed by atoms with van der Waals surface area (Å²) in [5, 5.41) is 19.1. The number of nitrogens with zero attached hydrogens (tertiary/aromatic N) is 3. The SMILES string of the molecule is O=C(NCCc1c[nH]c2ccccc12)Nc1nnc(C(=O)N2CCN[C@@H](Cc3ccccc3)C2)cc1Cc1ccccc1. The average molecular weight is 574 g/mol. The Morgan fingerprint density at radius 1 is 0.884 bits per heavy atom. The van der Waals surface area contributed by atoms with Crippen LogP contribution in [0.2, 0.25) is 0 Å². The monoisotopic (exact) mass is 573 g/mol. The topological polar surface area (TPSA) is 115 Å². The number of benzene rings is 3. The van der Waals surface area contributed by atoms with Gasteiger partial charge in [-0.1, -0.05) is 78.9 Å². The molecule has 9 heteroatoms. The third-order valence-corrected chi connectivity index (χ3v) is 7.78. The van der Waals surface area contributed by atoms with E-state index in [2.05, 4.69) is 49.3 Å². The molecule has 2 aromatic heterocycles. The molecule has 0 spiro atoms. The molecule has 0 unspecified atom stereocenters. The van der Waals surface area contributed by atoms with Gasteiger partial charge in [0.25, 0.3) is 5.91 Å². The minimum atomic E-state index is -0.367. The van der Waals surface area contributed by atoms with Crippen molar-refractivity contribution in [2.24, 2.45) is 0 Å². The zero-order chi connectivity index (χ0) is 29.4. The second-order valence-corrected chi connectivity index (χ2v) is 10.8. The van der Waals surface area contributed by atoms with Gasteiger partial charge in [0.15, 0.2) is 11.5 Å². The number of aromatic nitrogens is 3. The Hall–Kier alpha value is -5.02. The summed E-state index contributed by atoms with van der Waals surface area (Å²) in [6.45, 7) is 2.35. The Labute approximate surface area is 250 Å². The number of hydrogen-bond donors (Lipinski definition) is 4. The number of para-hydroxylation sites is 1. The van der Waals surface area contributed by atoms with E-state index in [0.29, 0.717) is 44.8 Å². The normalized spacial score (nSPS) is 14.9. The van der Waals surface area contributed by atoms with E-state index in [4.69, 9.17) is 0 Å². The highest BCUT2D eigenvalue weighted by Gasteiger charge is 2.26. The van der Waals surface area contributed by atoms with Crippen LogP contribution in [0.3, 0.4) is 0 Å². The Kier molecular flexibility index (Phi) is 8.70. The van der Waals surface area contributed by atoms with Crippen LogP contribution in [0.25, 0.3) is 10.9 Å². The van der Waals surface area contributed by atoms with Gasteiger partial charge in [0.2, 0.25) is 0 Å². The van der Waals surface area contributed by atoms with E-state index in [-0.39, 0.29) is 23.7 Å². The molecule has 5 aromatic rings. The number of rotatable bonds is 9. The lowest BCUT2D eigenvalue weighted by Gasteiger charge is -2.33. The molecule has 1 fully saturated rings. The lowest BCUT2D eigenvalue weighted by Crippen LogP contribution is -2.53. The fourth-order valence-electron chi connectivity index (χ4n) is 5.60. The summed E-state index contributed by atoms with van der Waals surface area (Å²) in [5.74, 6) is 0.184. The second kappa shape index (κ2) is 13.3. The molecular weight excluding hydrogens is 538 g/mol. The number of piperazine rings is 1. The molecule has 0 bridgehead atoms. The largest absolute Gasteiger partial charge is 0.361 e. The number of carbonyl (C=O) groups excluding carboxylic acids is 2. The minimum Gasteiger partial charge on any atom is -0.361 e. The first-order valence-electron chi connectivity index (χ1n) is 14.7. The summed E-state index contributed by atoms with van der Waals surface area (Å²) in [6.07, 6.45) is 4.00. The predicted octanol–water partition coefficient (Wildman–Crippen LogP) is 4.57. The van der Waals surface area contributed by atoms with Crippen molar-refractivity contribution < 1.29 is 9.59 Å². The molecule has 6 rings (SSSR count). The Balaban J connectivity index is 1.13. The lowest BCUT2D eigenvalue weighted by molar-refractivity contribution is 0.0695. The van der Waals surface area contributed by atoms with Crippen LogP contribution in [0.15, 0.2) is 97.2 Å². The highest BCUT2D eigenvalue weighted by atomic mass is 16.2. The van der Waals surface area contributed by atoms with Crippen LogP contribution in [-0.2, 0) is 19.3 Å².